The molecule has 1 N–H and O–H groups in total. The van der Waals surface area contributed by atoms with E-state index in [1.165, 1.54) is 24.3 Å². The van der Waals surface area contributed by atoms with E-state index in [2.05, 4.69) is 15.5 Å². The van der Waals surface area contributed by atoms with Crippen LogP contribution in [0.4, 0.5) is 10.3 Å². The van der Waals surface area contributed by atoms with Gasteiger partial charge in [0, 0.05) is 5.56 Å². The number of carbonyl (C=O) groups excluding carboxylic acids is 1. The molecule has 6 nitrogen and oxygen atoms in total. The molecule has 0 saturated heterocycles. The summed E-state index contributed by atoms with van der Waals surface area (Å²) in [5.74, 6) is 0.0394. The number of hydrogen-bond donors (Lipinski definition) is 1. The summed E-state index contributed by atoms with van der Waals surface area (Å²) in [5.41, 5.74) is 2.78. The van der Waals surface area contributed by atoms with Gasteiger partial charge in [-0.2, -0.15) is 4.98 Å². The number of rotatable bonds is 5. The third-order valence-electron chi connectivity index (χ3n) is 3.91. The van der Waals surface area contributed by atoms with Gasteiger partial charge < -0.3 is 9.26 Å². The Bertz CT molecular complexity index is 922. The van der Waals surface area contributed by atoms with Crippen LogP contribution in [-0.4, -0.2) is 22.2 Å². The smallest absolute Gasteiger partial charge is 0.270 e. The van der Waals surface area contributed by atoms with Gasteiger partial charge in [0.2, 0.25) is 0 Å². The van der Waals surface area contributed by atoms with Crippen LogP contribution in [0.3, 0.4) is 0 Å². The standard InChI is InChI=1S/C19H18FN3O3/c1-11-4-9-16(10-12(11)2)25-13(3)17(24)21-19-22-18(26-23-19)14-5-7-15(20)8-6-14/h4-10,13H,1-3H3,(H,21,23,24)/t13-/m1/s1. The molecule has 0 aliphatic carbocycles. The van der Waals surface area contributed by atoms with Crippen molar-refractivity contribution in [2.75, 3.05) is 5.32 Å². The Balaban J connectivity index is 1.64. The van der Waals surface area contributed by atoms with Crippen LogP contribution in [0.2, 0.25) is 0 Å². The molecule has 3 aromatic rings. The highest BCUT2D eigenvalue weighted by atomic mass is 19.1. The minimum atomic E-state index is -0.745. The van der Waals surface area contributed by atoms with Crippen LogP contribution < -0.4 is 10.1 Å². The van der Waals surface area contributed by atoms with Crippen molar-refractivity contribution in [3.8, 4) is 17.2 Å². The summed E-state index contributed by atoms with van der Waals surface area (Å²) in [6.45, 7) is 5.61. The highest BCUT2D eigenvalue weighted by Gasteiger charge is 2.18. The normalized spacial score (nSPS) is 11.8. The van der Waals surface area contributed by atoms with Crippen molar-refractivity contribution < 1.29 is 18.4 Å². The van der Waals surface area contributed by atoms with Gasteiger partial charge in [0.05, 0.1) is 0 Å². The van der Waals surface area contributed by atoms with Gasteiger partial charge in [0.15, 0.2) is 6.10 Å². The molecule has 0 aliphatic rings. The highest BCUT2D eigenvalue weighted by molar-refractivity contribution is 5.92. The van der Waals surface area contributed by atoms with E-state index >= 15 is 0 Å². The molecule has 0 spiro atoms. The molecule has 1 heterocycles. The maximum absolute atomic E-state index is 13.0. The van der Waals surface area contributed by atoms with Crippen LogP contribution in [0, 0.1) is 19.7 Å². The average Bonchev–Trinajstić information content (AvgIpc) is 3.07. The summed E-state index contributed by atoms with van der Waals surface area (Å²) >= 11 is 0. The van der Waals surface area contributed by atoms with E-state index < -0.39 is 12.0 Å². The second-order valence-electron chi connectivity index (χ2n) is 5.93. The van der Waals surface area contributed by atoms with Crippen molar-refractivity contribution in [3.05, 3.63) is 59.4 Å². The minimum absolute atomic E-state index is 0.0184. The molecule has 134 valence electrons. The molecule has 26 heavy (non-hydrogen) atoms. The summed E-state index contributed by atoms with van der Waals surface area (Å²) < 4.78 is 23.7. The van der Waals surface area contributed by atoms with E-state index in [0.717, 1.165) is 11.1 Å². The Morgan fingerprint density at radius 1 is 1.15 bits per heavy atom. The molecule has 0 unspecified atom stereocenters. The molecular weight excluding hydrogens is 337 g/mol. The van der Waals surface area contributed by atoms with Gasteiger partial charge in [-0.05, 0) is 73.5 Å². The Labute approximate surface area is 150 Å². The Kier molecular flexibility index (Phi) is 4.97. The van der Waals surface area contributed by atoms with Gasteiger partial charge in [-0.1, -0.05) is 6.07 Å². The molecule has 1 atom stereocenters. The SMILES string of the molecule is Cc1ccc(O[C@H](C)C(=O)Nc2noc(-c3ccc(F)cc3)n2)cc1C. The Morgan fingerprint density at radius 2 is 1.88 bits per heavy atom. The van der Waals surface area contributed by atoms with Crippen molar-refractivity contribution in [1.29, 1.82) is 0 Å². The molecular formula is C19H18FN3O3. The summed E-state index contributed by atoms with van der Waals surface area (Å²) in [7, 11) is 0. The number of carbonyl (C=O) groups is 1. The zero-order valence-corrected chi connectivity index (χ0v) is 14.6. The quantitative estimate of drug-likeness (QED) is 0.751. The molecule has 1 amide bonds. The summed E-state index contributed by atoms with van der Waals surface area (Å²) in [5, 5.41) is 6.24. The van der Waals surface area contributed by atoms with Crippen LogP contribution >= 0.6 is 0 Å². The molecule has 0 saturated carbocycles. The van der Waals surface area contributed by atoms with Crippen LogP contribution in [-0.2, 0) is 4.79 Å². The summed E-state index contributed by atoms with van der Waals surface area (Å²) in [4.78, 5) is 16.3. The van der Waals surface area contributed by atoms with Crippen molar-refractivity contribution in [1.82, 2.24) is 10.1 Å². The van der Waals surface area contributed by atoms with Crippen LogP contribution in [0.5, 0.6) is 5.75 Å². The summed E-state index contributed by atoms with van der Waals surface area (Å²) in [6, 6.07) is 11.2. The van der Waals surface area contributed by atoms with E-state index in [4.69, 9.17) is 9.26 Å². The third kappa shape index (κ3) is 4.05. The number of halogens is 1. The molecule has 0 fully saturated rings. The van der Waals surface area contributed by atoms with Gasteiger partial charge in [-0.15, -0.1) is 0 Å². The second-order valence-corrected chi connectivity index (χ2v) is 5.93. The van der Waals surface area contributed by atoms with Crippen LogP contribution in [0.15, 0.2) is 47.0 Å². The lowest BCUT2D eigenvalue weighted by molar-refractivity contribution is -0.122. The number of amides is 1. The number of nitrogens with one attached hydrogen (secondary N) is 1. The van der Waals surface area contributed by atoms with E-state index in [-0.39, 0.29) is 17.7 Å². The van der Waals surface area contributed by atoms with Gasteiger partial charge in [-0.25, -0.2) is 4.39 Å². The fourth-order valence-corrected chi connectivity index (χ4v) is 2.24. The van der Waals surface area contributed by atoms with Gasteiger partial charge in [0.25, 0.3) is 17.7 Å². The van der Waals surface area contributed by atoms with Gasteiger partial charge in [-0.3, -0.25) is 10.1 Å². The molecule has 7 heteroatoms. The van der Waals surface area contributed by atoms with Crippen LogP contribution in [0.1, 0.15) is 18.1 Å². The molecule has 2 aromatic carbocycles. The first-order chi connectivity index (χ1) is 12.4. The lowest BCUT2D eigenvalue weighted by Crippen LogP contribution is -2.30. The lowest BCUT2D eigenvalue weighted by atomic mass is 10.1. The fraction of sp³-hybridized carbons (Fsp3) is 0.211. The van der Waals surface area contributed by atoms with E-state index in [9.17, 15) is 9.18 Å². The zero-order valence-electron chi connectivity index (χ0n) is 14.6. The maximum atomic E-state index is 13.0. The van der Waals surface area contributed by atoms with Gasteiger partial charge >= 0.3 is 0 Å². The minimum Gasteiger partial charge on any atom is -0.481 e. The Morgan fingerprint density at radius 3 is 2.58 bits per heavy atom. The number of aromatic nitrogens is 2. The molecule has 0 aliphatic heterocycles. The predicted octanol–water partition coefficient (Wildman–Crippen LogP) is 3.90. The number of anilines is 1. The number of ether oxygens (including phenoxy) is 1. The number of nitrogens with zero attached hydrogens (tertiary/aromatic N) is 2. The molecule has 3 rings (SSSR count). The zero-order chi connectivity index (χ0) is 18.7. The van der Waals surface area contributed by atoms with Crippen molar-refractivity contribution in [2.24, 2.45) is 0 Å². The predicted molar refractivity (Wildman–Crippen MR) is 94.3 cm³/mol. The molecule has 0 bridgehead atoms. The maximum Gasteiger partial charge on any atom is 0.270 e. The van der Waals surface area contributed by atoms with Crippen molar-refractivity contribution in [2.45, 2.75) is 26.9 Å². The Hall–Kier alpha value is -3.22. The number of benzene rings is 2. The van der Waals surface area contributed by atoms with Crippen LogP contribution in [0.25, 0.3) is 11.5 Å². The largest absolute Gasteiger partial charge is 0.481 e. The van der Waals surface area contributed by atoms with E-state index in [1.807, 2.05) is 32.0 Å². The first kappa shape index (κ1) is 17.6. The van der Waals surface area contributed by atoms with E-state index in [1.54, 1.807) is 6.92 Å². The summed E-state index contributed by atoms with van der Waals surface area (Å²) in [6.07, 6.45) is -0.745. The highest BCUT2D eigenvalue weighted by Crippen LogP contribution is 2.20. The lowest BCUT2D eigenvalue weighted by Gasteiger charge is -2.14. The van der Waals surface area contributed by atoms with Gasteiger partial charge in [0.1, 0.15) is 11.6 Å². The third-order valence-corrected chi connectivity index (χ3v) is 3.91. The topological polar surface area (TPSA) is 77.2 Å². The first-order valence-electron chi connectivity index (χ1n) is 8.07. The van der Waals surface area contributed by atoms with Crippen molar-refractivity contribution in [3.63, 3.8) is 0 Å². The van der Waals surface area contributed by atoms with Crippen molar-refractivity contribution >= 4 is 11.9 Å². The molecule has 1 aromatic heterocycles. The first-order valence-corrected chi connectivity index (χ1v) is 8.07. The number of aryl methyl sites for hydroxylation is 2. The monoisotopic (exact) mass is 355 g/mol. The second kappa shape index (κ2) is 7.35. The average molecular weight is 355 g/mol. The van der Waals surface area contributed by atoms with E-state index in [0.29, 0.717) is 11.3 Å². The fourth-order valence-electron chi connectivity index (χ4n) is 2.24. The number of hydrogen-bond acceptors (Lipinski definition) is 5. The molecule has 0 radical (unpaired) electrons.